The van der Waals surface area contributed by atoms with Gasteiger partial charge in [-0.15, -0.1) is 0 Å². The topological polar surface area (TPSA) is 83.3 Å². The third-order valence-corrected chi connectivity index (χ3v) is 5.46. The lowest BCUT2D eigenvalue weighted by Crippen LogP contribution is -2.18. The van der Waals surface area contributed by atoms with Gasteiger partial charge < -0.3 is 5.11 Å². The molecule has 1 aromatic carbocycles. The fraction of sp³-hybridized carbons (Fsp3) is 0.400. The first-order valence-electron chi connectivity index (χ1n) is 7.46. The Morgan fingerprint density at radius 1 is 1.30 bits per heavy atom. The van der Waals surface area contributed by atoms with E-state index in [1.54, 1.807) is 0 Å². The fourth-order valence-corrected chi connectivity index (χ4v) is 4.73. The van der Waals surface area contributed by atoms with E-state index in [9.17, 15) is 9.90 Å². The van der Waals surface area contributed by atoms with Crippen molar-refractivity contribution in [1.82, 2.24) is 14.9 Å². The van der Waals surface area contributed by atoms with E-state index in [2.05, 4.69) is 60.5 Å². The van der Waals surface area contributed by atoms with Crippen LogP contribution in [0.1, 0.15) is 49.4 Å². The highest BCUT2D eigenvalue weighted by Gasteiger charge is 2.22. The van der Waals surface area contributed by atoms with Crippen LogP contribution in [0.2, 0.25) is 0 Å². The molecule has 0 unspecified atom stereocenters. The minimum absolute atomic E-state index is 0.172. The van der Waals surface area contributed by atoms with E-state index < -0.39 is 0 Å². The molecule has 0 saturated heterocycles. The van der Waals surface area contributed by atoms with Gasteiger partial charge in [-0.25, -0.2) is 9.89 Å². The van der Waals surface area contributed by atoms with Crippen LogP contribution in [0.4, 0.5) is 0 Å². The van der Waals surface area contributed by atoms with E-state index in [0.717, 1.165) is 32.8 Å². The molecule has 1 aliphatic carbocycles. The highest BCUT2D eigenvalue weighted by atomic mass is 127. The van der Waals surface area contributed by atoms with Crippen molar-refractivity contribution < 1.29 is 5.11 Å². The number of benzene rings is 1. The van der Waals surface area contributed by atoms with Crippen LogP contribution in [-0.4, -0.2) is 26.2 Å². The average molecular weight is 538 g/mol. The van der Waals surface area contributed by atoms with E-state index in [4.69, 9.17) is 0 Å². The maximum atomic E-state index is 12.0. The zero-order valence-corrected chi connectivity index (χ0v) is 16.6. The molecular weight excluding hydrogens is 522 g/mol. The van der Waals surface area contributed by atoms with Crippen LogP contribution in [0, 0.1) is 7.14 Å². The van der Waals surface area contributed by atoms with Crippen LogP contribution < -0.4 is 5.69 Å². The molecule has 0 amide bonds. The lowest BCUT2D eigenvalue weighted by atomic mass is 9.89. The van der Waals surface area contributed by atoms with E-state index >= 15 is 0 Å². The predicted octanol–water partition coefficient (Wildman–Crippen LogP) is 3.42. The normalized spacial score (nSPS) is 16.3. The largest absolute Gasteiger partial charge is 0.506 e. The third-order valence-electron chi connectivity index (χ3n) is 4.02. The van der Waals surface area contributed by atoms with Crippen molar-refractivity contribution in [2.45, 2.75) is 38.0 Å². The van der Waals surface area contributed by atoms with Crippen LogP contribution in [0.5, 0.6) is 5.75 Å². The second-order valence-electron chi connectivity index (χ2n) is 5.60. The second-order valence-corrected chi connectivity index (χ2v) is 8.01. The number of phenolic OH excluding ortho intramolecular Hbond substituents is 1. The summed E-state index contributed by atoms with van der Waals surface area (Å²) in [5.41, 5.74) is 0.241. The van der Waals surface area contributed by atoms with Crippen LogP contribution in [-0.2, 0) is 0 Å². The van der Waals surface area contributed by atoms with E-state index in [-0.39, 0.29) is 17.4 Å². The summed E-state index contributed by atoms with van der Waals surface area (Å²) in [6, 6.07) is 3.71. The summed E-state index contributed by atoms with van der Waals surface area (Å²) >= 11 is 4.26. The summed E-state index contributed by atoms with van der Waals surface area (Å²) in [7, 11) is 0. The minimum atomic E-state index is -0.346. The molecule has 1 saturated carbocycles. The number of hydrogen-bond acceptors (Lipinski definition) is 4. The van der Waals surface area contributed by atoms with Gasteiger partial charge in [0.2, 0.25) is 0 Å². The Labute approximate surface area is 160 Å². The Morgan fingerprint density at radius 3 is 2.78 bits per heavy atom. The molecule has 0 aliphatic heterocycles. The number of H-pyrrole nitrogens is 1. The van der Waals surface area contributed by atoms with Gasteiger partial charge in [0.1, 0.15) is 5.75 Å². The van der Waals surface area contributed by atoms with Crippen LogP contribution in [0.3, 0.4) is 0 Å². The molecule has 1 heterocycles. The quantitative estimate of drug-likeness (QED) is 0.465. The average Bonchev–Trinajstić information content (AvgIpc) is 2.91. The van der Waals surface area contributed by atoms with Crippen LogP contribution in [0.25, 0.3) is 0 Å². The molecule has 8 heteroatoms. The number of phenols is 1. The van der Waals surface area contributed by atoms with E-state index in [1.807, 2.05) is 12.1 Å². The third kappa shape index (κ3) is 3.78. The first kappa shape index (κ1) is 16.9. The number of aromatic nitrogens is 3. The Balaban J connectivity index is 1.94. The standard InChI is InChI=1S/C15H16I2N4O2/c16-11-6-10(13(22)12(17)7-11)8-18-21-14(19-20-15(21)23)9-4-2-1-3-5-9/h6-9,22H,1-5H2,(H,20,23)/b18-8+. The molecule has 0 spiro atoms. The van der Waals surface area contributed by atoms with Gasteiger partial charge in [-0.3, -0.25) is 0 Å². The summed E-state index contributed by atoms with van der Waals surface area (Å²) < 4.78 is 3.07. The maximum absolute atomic E-state index is 12.0. The van der Waals surface area contributed by atoms with Crippen molar-refractivity contribution in [2.75, 3.05) is 0 Å². The van der Waals surface area contributed by atoms with Crippen molar-refractivity contribution in [3.05, 3.63) is 41.1 Å². The lowest BCUT2D eigenvalue weighted by Gasteiger charge is -2.19. The van der Waals surface area contributed by atoms with Crippen molar-refractivity contribution in [1.29, 1.82) is 0 Å². The minimum Gasteiger partial charge on any atom is -0.506 e. The Bertz CT molecular complexity index is 791. The summed E-state index contributed by atoms with van der Waals surface area (Å²) in [5, 5.41) is 21.0. The summed E-state index contributed by atoms with van der Waals surface area (Å²) in [5.74, 6) is 1.13. The number of aromatic hydroxyl groups is 1. The maximum Gasteiger partial charge on any atom is 0.364 e. The van der Waals surface area contributed by atoms with Crippen LogP contribution >= 0.6 is 45.2 Å². The second kappa shape index (κ2) is 7.32. The predicted molar refractivity (Wildman–Crippen MR) is 105 cm³/mol. The van der Waals surface area contributed by atoms with Crippen molar-refractivity contribution in [3.8, 4) is 5.75 Å². The summed E-state index contributed by atoms with van der Waals surface area (Å²) in [4.78, 5) is 12.0. The number of nitrogens with one attached hydrogen (secondary N) is 1. The van der Waals surface area contributed by atoms with E-state index in [1.165, 1.54) is 17.3 Å². The van der Waals surface area contributed by atoms with Gasteiger partial charge in [0.25, 0.3) is 0 Å². The first-order chi connectivity index (χ1) is 11.1. The van der Waals surface area contributed by atoms with E-state index in [0.29, 0.717) is 11.4 Å². The monoisotopic (exact) mass is 538 g/mol. The van der Waals surface area contributed by atoms with Gasteiger partial charge in [0, 0.05) is 15.1 Å². The molecule has 2 aromatic rings. The zero-order chi connectivity index (χ0) is 16.4. The van der Waals surface area contributed by atoms with Crippen LogP contribution in [0.15, 0.2) is 22.0 Å². The molecule has 122 valence electrons. The van der Waals surface area contributed by atoms with Gasteiger partial charge in [-0.05, 0) is 70.2 Å². The molecule has 0 bridgehead atoms. The molecule has 23 heavy (non-hydrogen) atoms. The Kier molecular flexibility index (Phi) is 5.39. The van der Waals surface area contributed by atoms with Gasteiger partial charge in [0.15, 0.2) is 5.82 Å². The zero-order valence-electron chi connectivity index (χ0n) is 12.3. The Morgan fingerprint density at radius 2 is 2.04 bits per heavy atom. The fourth-order valence-electron chi connectivity index (χ4n) is 2.84. The lowest BCUT2D eigenvalue weighted by molar-refractivity contribution is 0.419. The SMILES string of the molecule is O=c1[nH]nc(C2CCCCC2)n1/N=C/c1cc(I)cc(I)c1O. The summed E-state index contributed by atoms with van der Waals surface area (Å²) in [6.45, 7) is 0. The van der Waals surface area contributed by atoms with Gasteiger partial charge in [-0.1, -0.05) is 19.3 Å². The molecule has 2 N–H and O–H groups in total. The first-order valence-corrected chi connectivity index (χ1v) is 9.61. The van der Waals surface area contributed by atoms with Gasteiger partial charge in [-0.2, -0.15) is 14.9 Å². The van der Waals surface area contributed by atoms with Gasteiger partial charge >= 0.3 is 5.69 Å². The molecular formula is C15H16I2N4O2. The van der Waals surface area contributed by atoms with Crippen molar-refractivity contribution >= 4 is 51.4 Å². The highest BCUT2D eigenvalue weighted by molar-refractivity contribution is 14.1. The number of halogens is 2. The van der Waals surface area contributed by atoms with Gasteiger partial charge in [0.05, 0.1) is 9.78 Å². The smallest absolute Gasteiger partial charge is 0.364 e. The Hall–Kier alpha value is -0.910. The number of aromatic amines is 1. The molecule has 0 atom stereocenters. The molecule has 1 fully saturated rings. The molecule has 0 radical (unpaired) electrons. The molecule has 1 aliphatic rings. The number of hydrogen-bond donors (Lipinski definition) is 2. The molecule has 6 nitrogen and oxygen atoms in total. The number of nitrogens with zero attached hydrogens (tertiary/aromatic N) is 3. The molecule has 1 aromatic heterocycles. The number of rotatable bonds is 3. The summed E-state index contributed by atoms with van der Waals surface area (Å²) in [6.07, 6.45) is 7.14. The van der Waals surface area contributed by atoms with Crippen molar-refractivity contribution in [3.63, 3.8) is 0 Å². The molecule has 3 rings (SSSR count). The highest BCUT2D eigenvalue weighted by Crippen LogP contribution is 2.31. The van der Waals surface area contributed by atoms with Crippen molar-refractivity contribution in [2.24, 2.45) is 5.10 Å².